The third kappa shape index (κ3) is 3.39. The van der Waals surface area contributed by atoms with Gasteiger partial charge in [-0.3, -0.25) is 4.90 Å². The fourth-order valence-corrected chi connectivity index (χ4v) is 3.05. The van der Waals surface area contributed by atoms with E-state index < -0.39 is 0 Å². The molecule has 0 aliphatic heterocycles. The lowest BCUT2D eigenvalue weighted by Crippen LogP contribution is -2.36. The Labute approximate surface area is 115 Å². The standard InChI is InChI=1S/C15H23ClN2/c1-2-18(14-6-4-3-5-7-14)11-12-8-9-13(16)10-15(12)17/h8-10,14H,2-7,11,17H2,1H3. The number of hydrogen-bond donors (Lipinski definition) is 1. The maximum Gasteiger partial charge on any atom is 0.0426 e. The number of anilines is 1. The second kappa shape index (κ2) is 6.44. The summed E-state index contributed by atoms with van der Waals surface area (Å²) >= 11 is 5.94. The van der Waals surface area contributed by atoms with Gasteiger partial charge >= 0.3 is 0 Å². The van der Waals surface area contributed by atoms with E-state index in [0.717, 1.165) is 29.8 Å². The molecule has 1 fully saturated rings. The number of hydrogen-bond acceptors (Lipinski definition) is 2. The second-order valence-corrected chi connectivity index (χ2v) is 5.63. The van der Waals surface area contributed by atoms with Crippen molar-refractivity contribution in [2.24, 2.45) is 0 Å². The molecular weight excluding hydrogens is 244 g/mol. The van der Waals surface area contributed by atoms with Crippen LogP contribution in [0.15, 0.2) is 18.2 Å². The van der Waals surface area contributed by atoms with Crippen LogP contribution in [0.4, 0.5) is 5.69 Å². The van der Waals surface area contributed by atoms with Gasteiger partial charge in [0.25, 0.3) is 0 Å². The SMILES string of the molecule is CCN(Cc1ccc(Cl)cc1N)C1CCCCC1. The quantitative estimate of drug-likeness (QED) is 0.832. The summed E-state index contributed by atoms with van der Waals surface area (Å²) in [6, 6.07) is 6.58. The predicted octanol–water partition coefficient (Wildman–Crippen LogP) is 4.08. The summed E-state index contributed by atoms with van der Waals surface area (Å²) in [7, 11) is 0. The molecule has 100 valence electrons. The van der Waals surface area contributed by atoms with E-state index in [0.29, 0.717) is 0 Å². The van der Waals surface area contributed by atoms with Crippen LogP contribution in [0, 0.1) is 0 Å². The maximum atomic E-state index is 6.04. The molecule has 0 unspecified atom stereocenters. The van der Waals surface area contributed by atoms with Crippen molar-refractivity contribution in [1.29, 1.82) is 0 Å². The summed E-state index contributed by atoms with van der Waals surface area (Å²) < 4.78 is 0. The van der Waals surface area contributed by atoms with Gasteiger partial charge < -0.3 is 5.73 Å². The molecule has 1 saturated carbocycles. The average molecular weight is 267 g/mol. The second-order valence-electron chi connectivity index (χ2n) is 5.20. The number of nitrogen functional groups attached to an aromatic ring is 1. The molecule has 0 bridgehead atoms. The van der Waals surface area contributed by atoms with E-state index in [1.165, 1.54) is 37.7 Å². The van der Waals surface area contributed by atoms with Crippen molar-refractivity contribution in [2.45, 2.75) is 51.6 Å². The predicted molar refractivity (Wildman–Crippen MR) is 78.8 cm³/mol. The number of benzene rings is 1. The zero-order valence-electron chi connectivity index (χ0n) is 11.2. The maximum absolute atomic E-state index is 6.04. The average Bonchev–Trinajstić information content (AvgIpc) is 2.39. The lowest BCUT2D eigenvalue weighted by molar-refractivity contribution is 0.156. The molecule has 0 spiro atoms. The van der Waals surface area contributed by atoms with E-state index in [9.17, 15) is 0 Å². The summed E-state index contributed by atoms with van der Waals surface area (Å²) in [5, 5.41) is 0.719. The number of nitrogens with two attached hydrogens (primary N) is 1. The molecule has 0 aromatic heterocycles. The molecule has 0 heterocycles. The van der Waals surface area contributed by atoms with Crippen LogP contribution in [0.2, 0.25) is 5.02 Å². The van der Waals surface area contributed by atoms with Gasteiger partial charge in [0.15, 0.2) is 0 Å². The minimum absolute atomic E-state index is 0.719. The first-order valence-electron chi connectivity index (χ1n) is 6.98. The Hall–Kier alpha value is -0.730. The molecule has 1 aliphatic rings. The van der Waals surface area contributed by atoms with E-state index in [-0.39, 0.29) is 0 Å². The molecule has 1 aromatic rings. The zero-order chi connectivity index (χ0) is 13.0. The molecule has 0 amide bonds. The smallest absolute Gasteiger partial charge is 0.0426 e. The highest BCUT2D eigenvalue weighted by molar-refractivity contribution is 6.30. The van der Waals surface area contributed by atoms with Gasteiger partial charge in [0.05, 0.1) is 0 Å². The van der Waals surface area contributed by atoms with Crippen LogP contribution < -0.4 is 5.73 Å². The number of nitrogens with zero attached hydrogens (tertiary/aromatic N) is 1. The topological polar surface area (TPSA) is 29.3 Å². The van der Waals surface area contributed by atoms with Gasteiger partial charge in [-0.2, -0.15) is 0 Å². The molecule has 1 aromatic carbocycles. The van der Waals surface area contributed by atoms with Crippen LogP contribution in [0.1, 0.15) is 44.6 Å². The fraction of sp³-hybridized carbons (Fsp3) is 0.600. The first-order chi connectivity index (χ1) is 8.70. The molecule has 2 nitrogen and oxygen atoms in total. The highest BCUT2D eigenvalue weighted by Gasteiger charge is 2.20. The third-order valence-corrected chi connectivity index (χ3v) is 4.21. The number of halogens is 1. The van der Waals surface area contributed by atoms with E-state index in [1.807, 2.05) is 12.1 Å². The fourth-order valence-electron chi connectivity index (χ4n) is 2.87. The Balaban J connectivity index is 2.04. The van der Waals surface area contributed by atoms with E-state index in [1.54, 1.807) is 0 Å². The molecule has 3 heteroatoms. The summed E-state index contributed by atoms with van der Waals surface area (Å²) in [4.78, 5) is 2.55. The molecule has 0 atom stereocenters. The Morgan fingerprint density at radius 2 is 2.00 bits per heavy atom. The van der Waals surface area contributed by atoms with Crippen LogP contribution in [-0.4, -0.2) is 17.5 Å². The highest BCUT2D eigenvalue weighted by Crippen LogP contribution is 2.26. The molecule has 2 N–H and O–H groups in total. The highest BCUT2D eigenvalue weighted by atomic mass is 35.5. The zero-order valence-corrected chi connectivity index (χ0v) is 11.9. The molecule has 0 saturated heterocycles. The van der Waals surface area contributed by atoms with Gasteiger partial charge in [-0.25, -0.2) is 0 Å². The lowest BCUT2D eigenvalue weighted by atomic mass is 9.94. The van der Waals surface area contributed by atoms with Gasteiger partial charge in [-0.15, -0.1) is 0 Å². The van der Waals surface area contributed by atoms with Crippen molar-refractivity contribution >= 4 is 17.3 Å². The molecule has 2 rings (SSSR count). The summed E-state index contributed by atoms with van der Waals surface area (Å²) in [5.74, 6) is 0. The van der Waals surface area contributed by atoms with Crippen molar-refractivity contribution in [3.05, 3.63) is 28.8 Å². The molecule has 1 aliphatic carbocycles. The largest absolute Gasteiger partial charge is 0.398 e. The van der Waals surface area contributed by atoms with E-state index in [4.69, 9.17) is 17.3 Å². The summed E-state index contributed by atoms with van der Waals surface area (Å²) in [6.45, 7) is 4.28. The van der Waals surface area contributed by atoms with Gasteiger partial charge in [0.1, 0.15) is 0 Å². The van der Waals surface area contributed by atoms with Crippen LogP contribution in [0.3, 0.4) is 0 Å². The van der Waals surface area contributed by atoms with Crippen molar-refractivity contribution in [2.75, 3.05) is 12.3 Å². The van der Waals surface area contributed by atoms with Gasteiger partial charge in [-0.05, 0) is 37.1 Å². The lowest BCUT2D eigenvalue weighted by Gasteiger charge is -2.33. The summed E-state index contributed by atoms with van der Waals surface area (Å²) in [5.41, 5.74) is 8.06. The first-order valence-corrected chi connectivity index (χ1v) is 7.36. The van der Waals surface area contributed by atoms with Crippen molar-refractivity contribution in [1.82, 2.24) is 4.90 Å². The molecular formula is C15H23ClN2. The van der Waals surface area contributed by atoms with Crippen LogP contribution in [0.5, 0.6) is 0 Å². The van der Waals surface area contributed by atoms with Gasteiger partial charge in [0.2, 0.25) is 0 Å². The Morgan fingerprint density at radius 3 is 2.61 bits per heavy atom. The third-order valence-electron chi connectivity index (χ3n) is 3.98. The van der Waals surface area contributed by atoms with Crippen molar-refractivity contribution in [3.8, 4) is 0 Å². The minimum Gasteiger partial charge on any atom is -0.398 e. The van der Waals surface area contributed by atoms with Crippen LogP contribution >= 0.6 is 11.6 Å². The molecule has 18 heavy (non-hydrogen) atoms. The first kappa shape index (κ1) is 13.7. The van der Waals surface area contributed by atoms with E-state index >= 15 is 0 Å². The molecule has 0 radical (unpaired) electrons. The Morgan fingerprint density at radius 1 is 1.28 bits per heavy atom. The Bertz CT molecular complexity index is 386. The monoisotopic (exact) mass is 266 g/mol. The Kier molecular flexibility index (Phi) is 4.90. The minimum atomic E-state index is 0.719. The van der Waals surface area contributed by atoms with Crippen molar-refractivity contribution < 1.29 is 0 Å². The van der Waals surface area contributed by atoms with Crippen LogP contribution in [0.25, 0.3) is 0 Å². The van der Waals surface area contributed by atoms with Crippen molar-refractivity contribution in [3.63, 3.8) is 0 Å². The van der Waals surface area contributed by atoms with E-state index in [2.05, 4.69) is 17.9 Å². The number of rotatable bonds is 4. The van der Waals surface area contributed by atoms with Gasteiger partial charge in [0, 0.05) is 23.3 Å². The van der Waals surface area contributed by atoms with Gasteiger partial charge in [-0.1, -0.05) is 43.9 Å². The summed E-state index contributed by atoms with van der Waals surface area (Å²) in [6.07, 6.45) is 6.81. The normalized spacial score (nSPS) is 17.3. The van der Waals surface area contributed by atoms with Crippen LogP contribution in [-0.2, 0) is 6.54 Å².